The van der Waals surface area contributed by atoms with Crippen LogP contribution in [0.4, 0.5) is 10.5 Å². The number of benzene rings is 1. The first kappa shape index (κ1) is 29.1. The van der Waals surface area contributed by atoms with E-state index in [-0.39, 0.29) is 62.7 Å². The lowest BCUT2D eigenvalue weighted by molar-refractivity contribution is -0.143. The van der Waals surface area contributed by atoms with E-state index in [1.807, 2.05) is 0 Å². The van der Waals surface area contributed by atoms with E-state index < -0.39 is 29.9 Å². The highest BCUT2D eigenvalue weighted by Gasteiger charge is 2.46. The van der Waals surface area contributed by atoms with Crippen molar-refractivity contribution in [3.8, 4) is 5.75 Å². The molecule has 15 heteroatoms. The van der Waals surface area contributed by atoms with Gasteiger partial charge in [-0.15, -0.1) is 0 Å². The van der Waals surface area contributed by atoms with Crippen LogP contribution in [0.25, 0.3) is 0 Å². The lowest BCUT2D eigenvalue weighted by Crippen LogP contribution is -2.51. The summed E-state index contributed by atoms with van der Waals surface area (Å²) in [6.07, 6.45) is 1.05. The quantitative estimate of drug-likeness (QED) is 0.248. The maximum absolute atomic E-state index is 13.6. The maximum atomic E-state index is 13.6. The Labute approximate surface area is 241 Å². The molecule has 6 amide bonds. The van der Waals surface area contributed by atoms with Crippen molar-refractivity contribution >= 4 is 35.3 Å². The lowest BCUT2D eigenvalue weighted by atomic mass is 10.2. The molecule has 1 unspecified atom stereocenters. The number of nitrogens with zero attached hydrogens (tertiary/aromatic N) is 6. The number of rotatable bonds is 12. The van der Waals surface area contributed by atoms with E-state index in [1.54, 1.807) is 29.2 Å². The third kappa shape index (κ3) is 6.41. The van der Waals surface area contributed by atoms with Crippen molar-refractivity contribution in [2.45, 2.75) is 31.9 Å². The minimum absolute atomic E-state index is 0.0246. The molecule has 2 saturated heterocycles. The molecule has 224 valence electrons. The van der Waals surface area contributed by atoms with Crippen LogP contribution in [-0.2, 0) is 41.6 Å². The molecule has 15 nitrogen and oxygen atoms in total. The molecule has 0 radical (unpaired) electrons. The fraction of sp³-hybridized carbons (Fsp3) is 0.519. The number of carbonyl (C=O) groups is 5. The molecule has 2 aromatic rings. The predicted octanol–water partition coefficient (Wildman–Crippen LogP) is 0.229. The molecule has 0 N–H and O–H groups in total. The molecule has 1 saturated carbocycles. The first-order chi connectivity index (χ1) is 20.3. The summed E-state index contributed by atoms with van der Waals surface area (Å²) < 4.78 is 21.6. The molecule has 1 aromatic heterocycles. The highest BCUT2D eigenvalue weighted by atomic mass is 16.5. The normalized spacial score (nSPS) is 19.0. The number of urea groups is 1. The lowest BCUT2D eigenvalue weighted by Gasteiger charge is -2.36. The van der Waals surface area contributed by atoms with Gasteiger partial charge in [0.1, 0.15) is 18.9 Å². The largest absolute Gasteiger partial charge is 0.495 e. The van der Waals surface area contributed by atoms with Gasteiger partial charge in [0.2, 0.25) is 17.7 Å². The Morgan fingerprint density at radius 3 is 2.60 bits per heavy atom. The number of para-hydroxylation sites is 2. The van der Waals surface area contributed by atoms with Crippen molar-refractivity contribution in [2.24, 2.45) is 5.92 Å². The molecular formula is C27H32N6O9. The second-order valence-corrected chi connectivity index (χ2v) is 10.3. The Bertz CT molecular complexity index is 1360. The van der Waals surface area contributed by atoms with E-state index in [4.69, 9.17) is 18.7 Å². The Morgan fingerprint density at radius 1 is 1.10 bits per heavy atom. The van der Waals surface area contributed by atoms with Gasteiger partial charge in [-0.2, -0.15) is 4.98 Å². The fourth-order valence-corrected chi connectivity index (χ4v) is 4.86. The zero-order valence-electron chi connectivity index (χ0n) is 23.4. The fourth-order valence-electron chi connectivity index (χ4n) is 4.86. The Morgan fingerprint density at radius 2 is 1.86 bits per heavy atom. The number of aromatic nitrogens is 2. The van der Waals surface area contributed by atoms with E-state index in [1.165, 1.54) is 19.1 Å². The topological polar surface area (TPSA) is 165 Å². The number of anilines is 1. The summed E-state index contributed by atoms with van der Waals surface area (Å²) in [5.74, 6) is -1.79. The van der Waals surface area contributed by atoms with Crippen molar-refractivity contribution in [3.63, 3.8) is 0 Å². The monoisotopic (exact) mass is 584 g/mol. The van der Waals surface area contributed by atoms with Gasteiger partial charge in [-0.05, 0) is 30.9 Å². The van der Waals surface area contributed by atoms with Crippen LogP contribution in [0, 0.1) is 5.92 Å². The SMILES string of the molecule is COCC(=O)N1CCOC(CN(C(=O)Cc2noc(CN3C(=O)C(=O)N(CC4CC4)C3=O)n2)c2ccccc2OC)C1. The van der Waals surface area contributed by atoms with Gasteiger partial charge in [-0.25, -0.2) is 9.69 Å². The van der Waals surface area contributed by atoms with Crippen LogP contribution in [0.15, 0.2) is 28.8 Å². The maximum Gasteiger partial charge on any atom is 0.334 e. The number of imide groups is 2. The highest BCUT2D eigenvalue weighted by molar-refractivity contribution is 6.44. The Kier molecular flexibility index (Phi) is 8.77. The van der Waals surface area contributed by atoms with Crippen molar-refractivity contribution in [1.29, 1.82) is 0 Å². The zero-order chi connectivity index (χ0) is 29.8. The molecule has 1 atom stereocenters. The molecule has 3 fully saturated rings. The summed E-state index contributed by atoms with van der Waals surface area (Å²) >= 11 is 0. The number of carbonyl (C=O) groups excluding carboxylic acids is 5. The number of hydrogen-bond donors (Lipinski definition) is 0. The highest BCUT2D eigenvalue weighted by Crippen LogP contribution is 2.32. The summed E-state index contributed by atoms with van der Waals surface area (Å²) in [6.45, 7) is 0.867. The molecule has 1 aliphatic carbocycles. The van der Waals surface area contributed by atoms with Crippen LogP contribution >= 0.6 is 0 Å². The van der Waals surface area contributed by atoms with Gasteiger partial charge in [0, 0.05) is 26.7 Å². The van der Waals surface area contributed by atoms with Crippen LogP contribution in [0.3, 0.4) is 0 Å². The third-order valence-electron chi connectivity index (χ3n) is 7.21. The van der Waals surface area contributed by atoms with E-state index in [9.17, 15) is 24.0 Å². The van der Waals surface area contributed by atoms with E-state index >= 15 is 0 Å². The Hall–Kier alpha value is -4.37. The number of morpholine rings is 1. The van der Waals surface area contributed by atoms with Gasteiger partial charge in [0.05, 0.1) is 38.5 Å². The van der Waals surface area contributed by atoms with Crippen LogP contribution in [-0.4, -0.2) is 114 Å². The Balaban J connectivity index is 1.28. The summed E-state index contributed by atoms with van der Waals surface area (Å²) in [5.41, 5.74) is 0.486. The van der Waals surface area contributed by atoms with Crippen LogP contribution in [0.1, 0.15) is 24.6 Å². The standard InChI is InChI=1S/C27H32N6O9/c1-39-16-24(35)30-9-10-41-18(13-30)14-31(19-5-3-4-6-20(19)40-2)23(34)11-21-28-22(42-29-21)15-33-26(37)25(36)32(27(33)38)12-17-7-8-17/h3-6,17-18H,7-16H2,1-2H3. The predicted molar refractivity (Wildman–Crippen MR) is 142 cm³/mol. The van der Waals surface area contributed by atoms with E-state index in [0.717, 1.165) is 22.6 Å². The van der Waals surface area contributed by atoms with Gasteiger partial charge in [-0.1, -0.05) is 17.3 Å². The molecule has 3 aliphatic rings. The molecule has 0 bridgehead atoms. The molecule has 42 heavy (non-hydrogen) atoms. The molecular weight excluding hydrogens is 552 g/mol. The number of amides is 6. The minimum atomic E-state index is -0.954. The molecule has 3 heterocycles. The van der Waals surface area contributed by atoms with E-state index in [2.05, 4.69) is 10.1 Å². The van der Waals surface area contributed by atoms with Crippen LogP contribution in [0.5, 0.6) is 5.75 Å². The van der Waals surface area contributed by atoms with Crippen molar-refractivity contribution in [1.82, 2.24) is 24.8 Å². The van der Waals surface area contributed by atoms with Crippen molar-refractivity contribution in [3.05, 3.63) is 36.0 Å². The third-order valence-corrected chi connectivity index (χ3v) is 7.21. The number of ether oxygens (including phenoxy) is 3. The van der Waals surface area contributed by atoms with Crippen LogP contribution in [0.2, 0.25) is 0 Å². The summed E-state index contributed by atoms with van der Waals surface area (Å²) in [4.78, 5) is 72.4. The first-order valence-electron chi connectivity index (χ1n) is 13.6. The number of methoxy groups -OCH3 is 2. The van der Waals surface area contributed by atoms with Gasteiger partial charge in [0.25, 0.3) is 0 Å². The molecule has 5 rings (SSSR count). The smallest absolute Gasteiger partial charge is 0.334 e. The second kappa shape index (κ2) is 12.7. The summed E-state index contributed by atoms with van der Waals surface area (Å²) in [5, 5.41) is 3.86. The number of hydrogen-bond acceptors (Lipinski definition) is 11. The zero-order valence-corrected chi connectivity index (χ0v) is 23.4. The molecule has 0 spiro atoms. The van der Waals surface area contributed by atoms with Crippen LogP contribution < -0.4 is 9.64 Å². The molecule has 1 aromatic carbocycles. The average Bonchev–Trinajstić information content (AvgIpc) is 3.68. The minimum Gasteiger partial charge on any atom is -0.495 e. The van der Waals surface area contributed by atoms with Gasteiger partial charge < -0.3 is 28.5 Å². The van der Waals surface area contributed by atoms with Crippen molar-refractivity contribution in [2.75, 3.05) is 58.5 Å². The van der Waals surface area contributed by atoms with Crippen molar-refractivity contribution < 1.29 is 42.7 Å². The van der Waals surface area contributed by atoms with E-state index in [0.29, 0.717) is 24.6 Å². The molecule has 2 aliphatic heterocycles. The first-order valence-corrected chi connectivity index (χ1v) is 13.6. The van der Waals surface area contributed by atoms with Gasteiger partial charge in [0.15, 0.2) is 5.82 Å². The summed E-state index contributed by atoms with van der Waals surface area (Å²) in [6, 6.07) is 6.26. The average molecular weight is 585 g/mol. The second-order valence-electron chi connectivity index (χ2n) is 10.3. The van der Waals surface area contributed by atoms with Gasteiger partial charge in [-0.3, -0.25) is 24.1 Å². The summed E-state index contributed by atoms with van der Waals surface area (Å²) in [7, 11) is 2.94. The van der Waals surface area contributed by atoms with Gasteiger partial charge >= 0.3 is 17.8 Å².